The summed E-state index contributed by atoms with van der Waals surface area (Å²) in [6.45, 7) is 9.19. The average molecular weight is 344 g/mol. The Labute approximate surface area is 149 Å². The monoisotopic (exact) mass is 344 g/mol. The van der Waals surface area contributed by atoms with Crippen molar-refractivity contribution in [2.45, 2.75) is 39.8 Å². The fourth-order valence-corrected chi connectivity index (χ4v) is 2.70. The van der Waals surface area contributed by atoms with Crippen molar-refractivity contribution in [3.8, 4) is 0 Å². The topological polar surface area (TPSA) is 79.2 Å². The minimum atomic E-state index is -1.10. The van der Waals surface area contributed by atoms with Gasteiger partial charge in [0.05, 0.1) is 12.2 Å². The van der Waals surface area contributed by atoms with E-state index < -0.39 is 5.60 Å². The Bertz CT molecular complexity index is 695. The summed E-state index contributed by atoms with van der Waals surface area (Å²) < 4.78 is 1.96. The van der Waals surface area contributed by atoms with Gasteiger partial charge in [-0.3, -0.25) is 4.68 Å². The second kappa shape index (κ2) is 8.16. The first-order valence-electron chi connectivity index (χ1n) is 8.58. The SMILES string of the molecule is Cc1cc(C)n(CC(C)CNC(=O)NCC(C)(O)c2ccccc2)n1. The van der Waals surface area contributed by atoms with Crippen LogP contribution in [0, 0.1) is 19.8 Å². The summed E-state index contributed by atoms with van der Waals surface area (Å²) in [4.78, 5) is 12.0. The third-order valence-electron chi connectivity index (χ3n) is 4.19. The average Bonchev–Trinajstić information content (AvgIpc) is 2.89. The van der Waals surface area contributed by atoms with Crippen LogP contribution < -0.4 is 10.6 Å². The van der Waals surface area contributed by atoms with Crippen LogP contribution in [-0.4, -0.2) is 34.0 Å². The fraction of sp³-hybridized carbons (Fsp3) is 0.474. The lowest BCUT2D eigenvalue weighted by atomic mass is 9.96. The molecule has 1 heterocycles. The van der Waals surface area contributed by atoms with E-state index >= 15 is 0 Å². The molecular formula is C19H28N4O2. The highest BCUT2D eigenvalue weighted by atomic mass is 16.3. The number of hydrogen-bond acceptors (Lipinski definition) is 3. The molecule has 0 bridgehead atoms. The van der Waals surface area contributed by atoms with Crippen LogP contribution in [0.25, 0.3) is 0 Å². The maximum atomic E-state index is 12.0. The molecule has 3 N–H and O–H groups in total. The van der Waals surface area contributed by atoms with Crippen LogP contribution in [0.2, 0.25) is 0 Å². The van der Waals surface area contributed by atoms with Crippen LogP contribution in [0.5, 0.6) is 0 Å². The zero-order valence-corrected chi connectivity index (χ0v) is 15.4. The van der Waals surface area contributed by atoms with E-state index in [-0.39, 0.29) is 18.5 Å². The number of carbonyl (C=O) groups is 1. The molecule has 2 atom stereocenters. The summed E-state index contributed by atoms with van der Waals surface area (Å²) in [6, 6.07) is 11.1. The third-order valence-corrected chi connectivity index (χ3v) is 4.19. The number of benzene rings is 1. The Morgan fingerprint density at radius 1 is 1.28 bits per heavy atom. The Hall–Kier alpha value is -2.34. The molecule has 0 spiro atoms. The zero-order valence-electron chi connectivity index (χ0n) is 15.4. The van der Waals surface area contributed by atoms with Gasteiger partial charge in [-0.15, -0.1) is 0 Å². The number of hydrogen-bond donors (Lipinski definition) is 3. The molecule has 0 saturated heterocycles. The first-order valence-corrected chi connectivity index (χ1v) is 8.58. The highest BCUT2D eigenvalue weighted by Crippen LogP contribution is 2.18. The van der Waals surface area contributed by atoms with Gasteiger partial charge in [-0.2, -0.15) is 5.10 Å². The van der Waals surface area contributed by atoms with Crippen LogP contribution in [-0.2, 0) is 12.1 Å². The van der Waals surface area contributed by atoms with E-state index in [0.29, 0.717) is 6.54 Å². The maximum absolute atomic E-state index is 12.0. The van der Waals surface area contributed by atoms with Crippen molar-refractivity contribution in [2.24, 2.45) is 5.92 Å². The van der Waals surface area contributed by atoms with E-state index in [1.165, 1.54) is 0 Å². The third kappa shape index (κ3) is 5.60. The van der Waals surface area contributed by atoms with Crippen molar-refractivity contribution in [3.05, 3.63) is 53.3 Å². The van der Waals surface area contributed by atoms with Crippen molar-refractivity contribution in [1.29, 1.82) is 0 Å². The number of aryl methyl sites for hydroxylation is 2. The molecule has 1 aromatic heterocycles. The van der Waals surface area contributed by atoms with Gasteiger partial charge in [-0.1, -0.05) is 37.3 Å². The summed E-state index contributed by atoms with van der Waals surface area (Å²) in [5, 5.41) is 20.5. The minimum Gasteiger partial charge on any atom is -0.384 e. The molecule has 0 saturated carbocycles. The van der Waals surface area contributed by atoms with E-state index in [9.17, 15) is 9.90 Å². The molecule has 6 nitrogen and oxygen atoms in total. The van der Waals surface area contributed by atoms with Gasteiger partial charge in [0.1, 0.15) is 5.60 Å². The van der Waals surface area contributed by atoms with Gasteiger partial charge >= 0.3 is 6.03 Å². The largest absolute Gasteiger partial charge is 0.384 e. The molecule has 0 aliphatic heterocycles. The summed E-state index contributed by atoms with van der Waals surface area (Å²) in [5.41, 5.74) is 1.79. The van der Waals surface area contributed by atoms with Crippen LogP contribution in [0.15, 0.2) is 36.4 Å². The molecule has 2 rings (SSSR count). The smallest absolute Gasteiger partial charge is 0.314 e. The van der Waals surface area contributed by atoms with Gasteiger partial charge in [0.15, 0.2) is 0 Å². The zero-order chi connectivity index (χ0) is 18.4. The number of aromatic nitrogens is 2. The summed E-state index contributed by atoms with van der Waals surface area (Å²) in [5.74, 6) is 0.249. The molecular weight excluding hydrogens is 316 g/mol. The minimum absolute atomic E-state index is 0.148. The number of nitrogens with one attached hydrogen (secondary N) is 2. The molecule has 0 radical (unpaired) electrons. The van der Waals surface area contributed by atoms with Crippen molar-refractivity contribution < 1.29 is 9.90 Å². The van der Waals surface area contributed by atoms with Crippen molar-refractivity contribution in [2.75, 3.05) is 13.1 Å². The lowest BCUT2D eigenvalue weighted by Crippen LogP contribution is -2.44. The molecule has 0 fully saturated rings. The molecule has 6 heteroatoms. The molecule has 2 amide bonds. The number of urea groups is 1. The molecule has 2 unspecified atom stereocenters. The van der Waals surface area contributed by atoms with Gasteiger partial charge in [-0.25, -0.2) is 4.79 Å². The predicted molar refractivity (Wildman–Crippen MR) is 98.3 cm³/mol. The summed E-state index contributed by atoms with van der Waals surface area (Å²) in [7, 11) is 0. The highest BCUT2D eigenvalue weighted by molar-refractivity contribution is 5.73. The van der Waals surface area contributed by atoms with Gasteiger partial charge in [0, 0.05) is 18.8 Å². The van der Waals surface area contributed by atoms with Crippen LogP contribution in [0.4, 0.5) is 4.79 Å². The number of amides is 2. The fourth-order valence-electron chi connectivity index (χ4n) is 2.70. The van der Waals surface area contributed by atoms with E-state index in [1.807, 2.05) is 54.9 Å². The lowest BCUT2D eigenvalue weighted by molar-refractivity contribution is 0.0593. The summed E-state index contributed by atoms with van der Waals surface area (Å²) in [6.07, 6.45) is 0. The Kier molecular flexibility index (Phi) is 6.20. The van der Waals surface area contributed by atoms with E-state index in [2.05, 4.69) is 22.7 Å². The van der Waals surface area contributed by atoms with Gasteiger partial charge in [-0.05, 0) is 38.3 Å². The molecule has 25 heavy (non-hydrogen) atoms. The Morgan fingerprint density at radius 2 is 1.96 bits per heavy atom. The lowest BCUT2D eigenvalue weighted by Gasteiger charge is -2.24. The van der Waals surface area contributed by atoms with Crippen molar-refractivity contribution in [3.63, 3.8) is 0 Å². The van der Waals surface area contributed by atoms with Crippen molar-refractivity contribution >= 4 is 6.03 Å². The maximum Gasteiger partial charge on any atom is 0.314 e. The number of aliphatic hydroxyl groups is 1. The second-order valence-electron chi connectivity index (χ2n) is 6.92. The van der Waals surface area contributed by atoms with Crippen LogP contribution >= 0.6 is 0 Å². The van der Waals surface area contributed by atoms with Gasteiger partial charge in [0.2, 0.25) is 0 Å². The molecule has 0 aliphatic carbocycles. The van der Waals surface area contributed by atoms with Gasteiger partial charge < -0.3 is 15.7 Å². The van der Waals surface area contributed by atoms with Gasteiger partial charge in [0.25, 0.3) is 0 Å². The number of nitrogens with zero attached hydrogens (tertiary/aromatic N) is 2. The van der Waals surface area contributed by atoms with E-state index in [0.717, 1.165) is 23.5 Å². The first kappa shape index (κ1) is 19.0. The van der Waals surface area contributed by atoms with Crippen molar-refractivity contribution in [1.82, 2.24) is 20.4 Å². The highest BCUT2D eigenvalue weighted by Gasteiger charge is 2.23. The second-order valence-corrected chi connectivity index (χ2v) is 6.92. The molecule has 2 aromatic rings. The van der Waals surface area contributed by atoms with Crippen LogP contribution in [0.3, 0.4) is 0 Å². The van der Waals surface area contributed by atoms with Crippen LogP contribution in [0.1, 0.15) is 30.8 Å². The number of rotatable bonds is 7. The van der Waals surface area contributed by atoms with E-state index in [4.69, 9.17) is 0 Å². The first-order chi connectivity index (χ1) is 11.8. The molecule has 136 valence electrons. The number of carbonyl (C=O) groups excluding carboxylic acids is 1. The normalized spacial score (nSPS) is 14.6. The molecule has 0 aliphatic rings. The Balaban J connectivity index is 1.76. The predicted octanol–water partition coefficient (Wildman–Crippen LogP) is 2.34. The summed E-state index contributed by atoms with van der Waals surface area (Å²) >= 11 is 0. The standard InChI is InChI=1S/C19H28N4O2/c1-14(12-23-16(3)10-15(2)22-23)11-20-18(24)21-13-19(4,25)17-8-6-5-7-9-17/h5-10,14,25H,11-13H2,1-4H3,(H2,20,21,24). The van der Waals surface area contributed by atoms with E-state index in [1.54, 1.807) is 6.92 Å². The molecule has 1 aromatic carbocycles. The quantitative estimate of drug-likeness (QED) is 0.721. The Morgan fingerprint density at radius 3 is 2.56 bits per heavy atom.